The molecular weight excluding hydrogens is 322 g/mol. The van der Waals surface area contributed by atoms with Gasteiger partial charge < -0.3 is 15.8 Å². The molecule has 2 rings (SSSR count). The predicted octanol–water partition coefficient (Wildman–Crippen LogP) is 1.06. The number of amides is 3. The molecule has 7 nitrogen and oxygen atoms in total. The second-order valence-corrected chi connectivity index (χ2v) is 6.67. The van der Waals surface area contributed by atoms with Crippen LogP contribution in [0.2, 0.25) is 0 Å². The monoisotopic (exact) mass is 347 g/mol. The summed E-state index contributed by atoms with van der Waals surface area (Å²) in [4.78, 5) is 38.1. The zero-order chi connectivity index (χ0) is 18.6. The molecule has 1 saturated heterocycles. The Kier molecular flexibility index (Phi) is 6.01. The highest BCUT2D eigenvalue weighted by Crippen LogP contribution is 2.24. The summed E-state index contributed by atoms with van der Waals surface area (Å²) in [5.74, 6) is -1.05. The van der Waals surface area contributed by atoms with E-state index in [9.17, 15) is 14.4 Å². The summed E-state index contributed by atoms with van der Waals surface area (Å²) in [5.41, 5.74) is 6.55. The zero-order valence-corrected chi connectivity index (χ0v) is 14.8. The van der Waals surface area contributed by atoms with Gasteiger partial charge in [-0.25, -0.2) is 9.59 Å². The van der Waals surface area contributed by atoms with E-state index in [1.165, 1.54) is 12.0 Å². The van der Waals surface area contributed by atoms with Crippen LogP contribution in [-0.2, 0) is 20.7 Å². The second kappa shape index (κ2) is 8.00. The minimum Gasteiger partial charge on any atom is -0.467 e. The molecule has 3 atom stereocenters. The SMILES string of the molecule is COC(=O)[C@H](CC(C)C)N1C(=O)N[C@@H](Cc2ccccc2)[C@H]1C(N)=O. The van der Waals surface area contributed by atoms with E-state index in [2.05, 4.69) is 5.32 Å². The quantitative estimate of drug-likeness (QED) is 0.720. The molecule has 0 radical (unpaired) electrons. The lowest BCUT2D eigenvalue weighted by Crippen LogP contribution is -2.54. The van der Waals surface area contributed by atoms with Crippen molar-refractivity contribution in [2.45, 2.75) is 44.8 Å². The van der Waals surface area contributed by atoms with Gasteiger partial charge >= 0.3 is 12.0 Å². The molecule has 136 valence electrons. The number of nitrogens with two attached hydrogens (primary N) is 1. The van der Waals surface area contributed by atoms with Gasteiger partial charge in [0.1, 0.15) is 12.1 Å². The number of benzene rings is 1. The van der Waals surface area contributed by atoms with Crippen LogP contribution in [0.1, 0.15) is 25.8 Å². The molecule has 1 aromatic rings. The van der Waals surface area contributed by atoms with Crippen molar-refractivity contribution in [3.05, 3.63) is 35.9 Å². The molecule has 0 spiro atoms. The number of hydrogen-bond acceptors (Lipinski definition) is 4. The summed E-state index contributed by atoms with van der Waals surface area (Å²) in [7, 11) is 1.27. The van der Waals surface area contributed by atoms with E-state index in [1.54, 1.807) is 0 Å². The highest BCUT2D eigenvalue weighted by molar-refractivity contribution is 5.93. The first-order valence-electron chi connectivity index (χ1n) is 8.35. The van der Waals surface area contributed by atoms with Crippen molar-refractivity contribution in [3.63, 3.8) is 0 Å². The first kappa shape index (κ1) is 18.8. The molecular formula is C18H25N3O4. The van der Waals surface area contributed by atoms with Crippen molar-refractivity contribution < 1.29 is 19.1 Å². The molecule has 0 unspecified atom stereocenters. The van der Waals surface area contributed by atoms with Crippen molar-refractivity contribution in [1.29, 1.82) is 0 Å². The number of methoxy groups -OCH3 is 1. The molecule has 1 aliphatic heterocycles. The molecule has 25 heavy (non-hydrogen) atoms. The Hall–Kier alpha value is -2.57. The molecule has 7 heteroatoms. The fourth-order valence-corrected chi connectivity index (χ4v) is 3.24. The van der Waals surface area contributed by atoms with Crippen LogP contribution < -0.4 is 11.1 Å². The van der Waals surface area contributed by atoms with E-state index in [4.69, 9.17) is 10.5 Å². The third kappa shape index (κ3) is 4.29. The van der Waals surface area contributed by atoms with Gasteiger partial charge in [-0.1, -0.05) is 44.2 Å². The third-order valence-corrected chi connectivity index (χ3v) is 4.32. The summed E-state index contributed by atoms with van der Waals surface area (Å²) in [5, 5.41) is 2.79. The van der Waals surface area contributed by atoms with Crippen LogP contribution >= 0.6 is 0 Å². The molecule has 0 aromatic heterocycles. The number of rotatable bonds is 7. The molecule has 3 N–H and O–H groups in total. The van der Waals surface area contributed by atoms with Gasteiger partial charge in [0.25, 0.3) is 0 Å². The Labute approximate surface area is 147 Å². The van der Waals surface area contributed by atoms with Crippen LogP contribution in [0.5, 0.6) is 0 Å². The van der Waals surface area contributed by atoms with Gasteiger partial charge in [-0.05, 0) is 24.3 Å². The van der Waals surface area contributed by atoms with E-state index >= 15 is 0 Å². The Morgan fingerprint density at radius 1 is 1.28 bits per heavy atom. The van der Waals surface area contributed by atoms with Crippen LogP contribution in [-0.4, -0.2) is 48.0 Å². The third-order valence-electron chi connectivity index (χ3n) is 4.32. The van der Waals surface area contributed by atoms with E-state index in [-0.39, 0.29) is 5.92 Å². The topological polar surface area (TPSA) is 102 Å². The molecule has 1 aliphatic rings. The number of esters is 1. The van der Waals surface area contributed by atoms with Crippen LogP contribution in [0.15, 0.2) is 30.3 Å². The summed E-state index contributed by atoms with van der Waals surface area (Å²) in [6.07, 6.45) is 0.841. The lowest BCUT2D eigenvalue weighted by molar-refractivity contribution is -0.147. The smallest absolute Gasteiger partial charge is 0.328 e. The molecule has 1 heterocycles. The predicted molar refractivity (Wildman–Crippen MR) is 92.5 cm³/mol. The van der Waals surface area contributed by atoms with E-state index in [0.29, 0.717) is 12.8 Å². The molecule has 1 aromatic carbocycles. The largest absolute Gasteiger partial charge is 0.467 e. The maximum atomic E-state index is 12.5. The van der Waals surface area contributed by atoms with Gasteiger partial charge in [0.2, 0.25) is 5.91 Å². The Morgan fingerprint density at radius 3 is 2.44 bits per heavy atom. The average Bonchev–Trinajstić information content (AvgIpc) is 2.88. The normalized spacial score (nSPS) is 21.1. The van der Waals surface area contributed by atoms with Crippen LogP contribution in [0.3, 0.4) is 0 Å². The van der Waals surface area contributed by atoms with Crippen molar-refractivity contribution in [2.24, 2.45) is 11.7 Å². The van der Waals surface area contributed by atoms with Gasteiger partial charge in [-0.2, -0.15) is 0 Å². The van der Waals surface area contributed by atoms with E-state index in [1.807, 2.05) is 44.2 Å². The van der Waals surface area contributed by atoms with Crippen molar-refractivity contribution in [2.75, 3.05) is 7.11 Å². The lowest BCUT2D eigenvalue weighted by Gasteiger charge is -2.31. The van der Waals surface area contributed by atoms with Gasteiger partial charge in [0.05, 0.1) is 13.2 Å². The van der Waals surface area contributed by atoms with Crippen LogP contribution in [0, 0.1) is 5.92 Å². The summed E-state index contributed by atoms with van der Waals surface area (Å²) < 4.78 is 4.84. The van der Waals surface area contributed by atoms with Gasteiger partial charge in [-0.3, -0.25) is 9.69 Å². The maximum Gasteiger partial charge on any atom is 0.328 e. The van der Waals surface area contributed by atoms with E-state index < -0.39 is 36.0 Å². The number of nitrogens with one attached hydrogen (secondary N) is 1. The minimum atomic E-state index is -0.907. The van der Waals surface area contributed by atoms with Gasteiger partial charge in [0, 0.05) is 0 Å². The van der Waals surface area contributed by atoms with Crippen molar-refractivity contribution in [3.8, 4) is 0 Å². The summed E-state index contributed by atoms with van der Waals surface area (Å²) >= 11 is 0. The molecule has 0 bridgehead atoms. The fourth-order valence-electron chi connectivity index (χ4n) is 3.24. The highest BCUT2D eigenvalue weighted by Gasteiger charge is 2.48. The summed E-state index contributed by atoms with van der Waals surface area (Å²) in [6.45, 7) is 3.87. The van der Waals surface area contributed by atoms with Gasteiger partial charge in [0.15, 0.2) is 0 Å². The first-order chi connectivity index (χ1) is 11.8. The standard InChI is InChI=1S/C18H25N3O4/c1-11(2)9-14(17(23)25-3)21-15(16(19)22)13(20-18(21)24)10-12-7-5-4-6-8-12/h4-8,11,13-15H,9-10H2,1-3H3,(H2,19,22)(H,20,24)/t13-,14-,15-/m0/s1. The minimum absolute atomic E-state index is 0.138. The Morgan fingerprint density at radius 2 is 1.92 bits per heavy atom. The number of carbonyl (C=O) groups is 3. The average molecular weight is 347 g/mol. The zero-order valence-electron chi connectivity index (χ0n) is 14.8. The van der Waals surface area contributed by atoms with Crippen LogP contribution in [0.4, 0.5) is 4.79 Å². The van der Waals surface area contributed by atoms with Crippen LogP contribution in [0.25, 0.3) is 0 Å². The number of ether oxygens (including phenoxy) is 1. The lowest BCUT2D eigenvalue weighted by atomic mass is 9.96. The number of nitrogens with zero attached hydrogens (tertiary/aromatic N) is 1. The fraction of sp³-hybridized carbons (Fsp3) is 0.500. The van der Waals surface area contributed by atoms with Crippen molar-refractivity contribution >= 4 is 17.9 Å². The maximum absolute atomic E-state index is 12.5. The number of carbonyl (C=O) groups excluding carboxylic acids is 3. The number of hydrogen-bond donors (Lipinski definition) is 2. The van der Waals surface area contributed by atoms with E-state index in [0.717, 1.165) is 5.56 Å². The second-order valence-electron chi connectivity index (χ2n) is 6.67. The Balaban J connectivity index is 2.30. The molecule has 0 aliphatic carbocycles. The highest BCUT2D eigenvalue weighted by atomic mass is 16.5. The molecule has 1 fully saturated rings. The summed E-state index contributed by atoms with van der Waals surface area (Å²) in [6, 6.07) is 6.78. The number of urea groups is 1. The molecule has 0 saturated carbocycles. The number of primary amides is 1. The Bertz CT molecular complexity index is 632. The van der Waals surface area contributed by atoms with Crippen molar-refractivity contribution in [1.82, 2.24) is 10.2 Å². The van der Waals surface area contributed by atoms with Gasteiger partial charge in [-0.15, -0.1) is 0 Å². The first-order valence-corrected chi connectivity index (χ1v) is 8.35. The molecule has 3 amide bonds.